The third kappa shape index (κ3) is 20.5. The van der Waals surface area contributed by atoms with Crippen LogP contribution in [-0.4, -0.2) is 98.9 Å². The molecule has 0 aromatic carbocycles. The number of aliphatic hydroxyl groups excluding tert-OH is 5. The maximum Gasteiger partial charge on any atom is 0.472 e. The van der Waals surface area contributed by atoms with E-state index in [0.29, 0.717) is 13.0 Å². The van der Waals surface area contributed by atoms with Gasteiger partial charge in [-0.2, -0.15) is 0 Å². The SMILES string of the molecule is CCC/C=C\C/C=C\CCCCCCCCOCC(COP(=O)(O)OC1C(O)C(O)C(O)C(O)C1O)OC(=O)CCCCCCCCC. The van der Waals surface area contributed by atoms with Gasteiger partial charge in [-0.05, 0) is 38.5 Å². The van der Waals surface area contributed by atoms with Crippen LogP contribution in [0.25, 0.3) is 0 Å². The summed E-state index contributed by atoms with van der Waals surface area (Å²) in [5.74, 6) is -0.490. The Labute approximate surface area is 288 Å². The van der Waals surface area contributed by atoms with Crippen molar-refractivity contribution in [1.82, 2.24) is 0 Å². The Morgan fingerprint density at radius 2 is 1.21 bits per heavy atom. The highest BCUT2D eigenvalue weighted by atomic mass is 31.2. The largest absolute Gasteiger partial charge is 0.472 e. The fraction of sp³-hybridized carbons (Fsp3) is 0.857. The number of phosphoric ester groups is 1. The predicted octanol–water partition coefficient (Wildman–Crippen LogP) is 5.41. The molecule has 6 atom stereocenters. The van der Waals surface area contributed by atoms with Crippen molar-refractivity contribution in [2.75, 3.05) is 19.8 Å². The fourth-order valence-corrected chi connectivity index (χ4v) is 6.30. The summed E-state index contributed by atoms with van der Waals surface area (Å²) in [6.07, 6.45) is 14.3. The Morgan fingerprint density at radius 1 is 0.667 bits per heavy atom. The number of phosphoric acid groups is 1. The van der Waals surface area contributed by atoms with Gasteiger partial charge in [-0.1, -0.05) is 109 Å². The number of rotatable bonds is 29. The van der Waals surface area contributed by atoms with Gasteiger partial charge in [0.2, 0.25) is 0 Å². The molecule has 1 rings (SSSR count). The number of carbonyl (C=O) groups excluding carboxylic acids is 1. The first kappa shape index (κ1) is 44.8. The molecule has 1 fully saturated rings. The van der Waals surface area contributed by atoms with E-state index in [1.807, 2.05) is 0 Å². The second-order valence-corrected chi connectivity index (χ2v) is 14.1. The first-order chi connectivity index (χ1) is 23.0. The number of allylic oxidation sites excluding steroid dienone is 4. The van der Waals surface area contributed by atoms with Gasteiger partial charge in [-0.15, -0.1) is 0 Å². The number of aliphatic hydroxyl groups is 5. The average Bonchev–Trinajstić information content (AvgIpc) is 3.06. The lowest BCUT2D eigenvalue weighted by atomic mass is 9.85. The van der Waals surface area contributed by atoms with Crippen molar-refractivity contribution in [3.8, 4) is 0 Å². The summed E-state index contributed by atoms with van der Waals surface area (Å²) in [6.45, 7) is 4.08. The molecule has 1 aliphatic carbocycles. The molecule has 0 spiro atoms. The minimum atomic E-state index is -5.00. The van der Waals surface area contributed by atoms with Gasteiger partial charge in [0.25, 0.3) is 0 Å². The molecule has 48 heavy (non-hydrogen) atoms. The summed E-state index contributed by atoms with van der Waals surface area (Å²) in [5.41, 5.74) is 0. The summed E-state index contributed by atoms with van der Waals surface area (Å²) in [7, 11) is -5.00. The van der Waals surface area contributed by atoms with Crippen LogP contribution in [-0.2, 0) is 27.9 Å². The lowest BCUT2D eigenvalue weighted by Gasteiger charge is -2.41. The van der Waals surface area contributed by atoms with Crippen LogP contribution in [0.3, 0.4) is 0 Å². The second-order valence-electron chi connectivity index (χ2n) is 12.7. The Kier molecular flexibility index (Phi) is 25.7. The van der Waals surface area contributed by atoms with E-state index in [-0.39, 0.29) is 13.0 Å². The monoisotopic (exact) mass is 708 g/mol. The molecule has 6 N–H and O–H groups in total. The second kappa shape index (κ2) is 27.5. The molecule has 0 heterocycles. The number of carbonyl (C=O) groups is 1. The van der Waals surface area contributed by atoms with Gasteiger partial charge in [0.05, 0.1) is 13.2 Å². The minimum absolute atomic E-state index is 0.0823. The van der Waals surface area contributed by atoms with Crippen LogP contribution in [0.1, 0.15) is 129 Å². The number of hydrogen-bond acceptors (Lipinski definition) is 11. The van der Waals surface area contributed by atoms with E-state index in [2.05, 4.69) is 38.2 Å². The molecule has 282 valence electrons. The quantitative estimate of drug-likeness (QED) is 0.0251. The Bertz CT molecular complexity index is 900. The minimum Gasteiger partial charge on any atom is -0.457 e. The summed E-state index contributed by atoms with van der Waals surface area (Å²) in [4.78, 5) is 22.8. The Balaban J connectivity index is 2.47. The lowest BCUT2D eigenvalue weighted by Crippen LogP contribution is -2.64. The normalized spacial score (nSPS) is 25.1. The highest BCUT2D eigenvalue weighted by Crippen LogP contribution is 2.47. The van der Waals surface area contributed by atoms with Crippen LogP contribution in [0.4, 0.5) is 0 Å². The van der Waals surface area contributed by atoms with Gasteiger partial charge >= 0.3 is 13.8 Å². The van der Waals surface area contributed by atoms with Gasteiger partial charge < -0.3 is 39.9 Å². The standard InChI is InChI=1S/C35H65O12P/c1-3-5-7-9-11-12-13-14-15-16-17-19-21-23-25-44-26-28(46-29(36)24-22-20-18-10-8-6-4-2)27-45-48(42,43)47-35-33(40)31(38)30(37)32(39)34(35)41/h7,9,12-13,28,30-35,37-41H,3-6,8,10-11,14-27H2,1-2H3,(H,42,43)/b9-7-,13-12-. The van der Waals surface area contributed by atoms with Gasteiger partial charge in [-0.25, -0.2) is 4.57 Å². The van der Waals surface area contributed by atoms with Crippen LogP contribution in [0.2, 0.25) is 0 Å². The Morgan fingerprint density at radius 3 is 1.83 bits per heavy atom. The molecule has 6 unspecified atom stereocenters. The van der Waals surface area contributed by atoms with Crippen molar-refractivity contribution in [2.45, 2.75) is 172 Å². The zero-order valence-electron chi connectivity index (χ0n) is 29.3. The molecule has 0 aromatic rings. The third-order valence-corrected chi connectivity index (χ3v) is 9.29. The highest BCUT2D eigenvalue weighted by molar-refractivity contribution is 7.47. The van der Waals surface area contributed by atoms with Crippen molar-refractivity contribution in [2.24, 2.45) is 0 Å². The highest BCUT2D eigenvalue weighted by Gasteiger charge is 2.51. The fourth-order valence-electron chi connectivity index (χ4n) is 5.33. The van der Waals surface area contributed by atoms with E-state index in [0.717, 1.165) is 77.0 Å². The predicted molar refractivity (Wildman–Crippen MR) is 184 cm³/mol. The molecule has 0 aromatic heterocycles. The first-order valence-corrected chi connectivity index (χ1v) is 19.7. The number of hydrogen-bond donors (Lipinski definition) is 6. The van der Waals surface area contributed by atoms with Crippen LogP contribution in [0, 0.1) is 0 Å². The lowest BCUT2D eigenvalue weighted by molar-refractivity contribution is -0.220. The van der Waals surface area contributed by atoms with E-state index in [1.54, 1.807) is 0 Å². The zero-order valence-corrected chi connectivity index (χ0v) is 30.2. The molecular formula is C35H65O12P. The van der Waals surface area contributed by atoms with Gasteiger partial charge in [0.15, 0.2) is 0 Å². The summed E-state index contributed by atoms with van der Waals surface area (Å²) in [6, 6.07) is 0. The van der Waals surface area contributed by atoms with Gasteiger partial charge in [0.1, 0.15) is 42.7 Å². The van der Waals surface area contributed by atoms with Gasteiger partial charge in [0, 0.05) is 13.0 Å². The van der Waals surface area contributed by atoms with Crippen LogP contribution >= 0.6 is 7.82 Å². The third-order valence-electron chi connectivity index (χ3n) is 8.31. The van der Waals surface area contributed by atoms with E-state index in [4.69, 9.17) is 18.5 Å². The molecule has 12 nitrogen and oxygen atoms in total. The van der Waals surface area contributed by atoms with Crippen LogP contribution < -0.4 is 0 Å². The van der Waals surface area contributed by atoms with Crippen molar-refractivity contribution in [1.29, 1.82) is 0 Å². The smallest absolute Gasteiger partial charge is 0.457 e. The van der Waals surface area contributed by atoms with E-state index < -0.39 is 63.1 Å². The molecule has 1 saturated carbocycles. The van der Waals surface area contributed by atoms with Crippen LogP contribution in [0.5, 0.6) is 0 Å². The maximum absolute atomic E-state index is 12.7. The molecule has 0 amide bonds. The van der Waals surface area contributed by atoms with Crippen molar-refractivity contribution >= 4 is 13.8 Å². The van der Waals surface area contributed by atoms with Crippen LogP contribution in [0.15, 0.2) is 24.3 Å². The molecule has 0 bridgehead atoms. The topological polar surface area (TPSA) is 192 Å². The van der Waals surface area contributed by atoms with Gasteiger partial charge in [-0.3, -0.25) is 13.8 Å². The summed E-state index contributed by atoms with van der Waals surface area (Å²) in [5, 5.41) is 49.8. The van der Waals surface area contributed by atoms with E-state index in [1.165, 1.54) is 25.7 Å². The molecular weight excluding hydrogens is 643 g/mol. The molecule has 0 saturated heterocycles. The van der Waals surface area contributed by atoms with Crippen molar-refractivity contribution < 1.29 is 58.3 Å². The van der Waals surface area contributed by atoms with E-state index >= 15 is 0 Å². The van der Waals surface area contributed by atoms with E-state index in [9.17, 15) is 39.8 Å². The molecule has 0 aliphatic heterocycles. The molecule has 0 radical (unpaired) electrons. The number of ether oxygens (including phenoxy) is 2. The van der Waals surface area contributed by atoms with Crippen molar-refractivity contribution in [3.63, 3.8) is 0 Å². The number of esters is 1. The molecule has 1 aliphatic rings. The first-order valence-electron chi connectivity index (χ1n) is 18.2. The summed E-state index contributed by atoms with van der Waals surface area (Å²) >= 11 is 0. The zero-order chi connectivity index (χ0) is 35.6. The summed E-state index contributed by atoms with van der Waals surface area (Å²) < 4.78 is 33.8. The number of unbranched alkanes of at least 4 members (excludes halogenated alkanes) is 13. The average molecular weight is 709 g/mol. The Hall–Kier alpha value is -1.18. The maximum atomic E-state index is 12.7. The molecule has 13 heteroatoms. The van der Waals surface area contributed by atoms with Crippen molar-refractivity contribution in [3.05, 3.63) is 24.3 Å².